The minimum Gasteiger partial charge on any atom is -0.497 e. The van der Waals surface area contributed by atoms with Crippen molar-refractivity contribution in [2.24, 2.45) is 12.9 Å². The lowest BCUT2D eigenvalue weighted by atomic mass is 10.0. The monoisotopic (exact) mass is 260 g/mol. The van der Waals surface area contributed by atoms with E-state index in [-0.39, 0.29) is 6.04 Å². The Morgan fingerprint density at radius 1 is 1.47 bits per heavy atom. The van der Waals surface area contributed by atoms with Crippen LogP contribution in [0.25, 0.3) is 0 Å². The Kier molecular flexibility index (Phi) is 4.54. The summed E-state index contributed by atoms with van der Waals surface area (Å²) in [4.78, 5) is 0. The molecule has 0 bridgehead atoms. The third-order valence-corrected chi connectivity index (χ3v) is 3.18. The van der Waals surface area contributed by atoms with Crippen LogP contribution in [0.15, 0.2) is 36.7 Å². The summed E-state index contributed by atoms with van der Waals surface area (Å²) in [6.45, 7) is 0. The van der Waals surface area contributed by atoms with Gasteiger partial charge in [0.2, 0.25) is 0 Å². The molecule has 0 saturated carbocycles. The third-order valence-electron chi connectivity index (χ3n) is 3.18. The molecule has 5 heteroatoms. The normalized spacial score (nSPS) is 12.4. The van der Waals surface area contributed by atoms with Crippen LogP contribution >= 0.6 is 0 Å². The van der Waals surface area contributed by atoms with Gasteiger partial charge in [0.25, 0.3) is 0 Å². The fourth-order valence-corrected chi connectivity index (χ4v) is 2.12. The number of hydrogen-bond acceptors (Lipinski definition) is 4. The molecule has 19 heavy (non-hydrogen) atoms. The zero-order chi connectivity index (χ0) is 13.7. The van der Waals surface area contributed by atoms with Crippen molar-refractivity contribution >= 4 is 0 Å². The average molecular weight is 260 g/mol. The predicted octanol–water partition coefficient (Wildman–Crippen LogP) is 1.57. The highest BCUT2D eigenvalue weighted by molar-refractivity contribution is 5.30. The number of hydrogen-bond donors (Lipinski definition) is 2. The van der Waals surface area contributed by atoms with Crippen LogP contribution in [-0.2, 0) is 13.5 Å². The van der Waals surface area contributed by atoms with Crippen molar-refractivity contribution in [3.63, 3.8) is 0 Å². The second-order valence-corrected chi connectivity index (χ2v) is 4.56. The molecule has 0 aliphatic rings. The molecule has 1 aromatic carbocycles. The number of hydrazine groups is 1. The molecule has 0 aliphatic heterocycles. The van der Waals surface area contributed by atoms with Crippen LogP contribution in [-0.4, -0.2) is 16.9 Å². The lowest BCUT2D eigenvalue weighted by Gasteiger charge is -2.16. The van der Waals surface area contributed by atoms with Crippen molar-refractivity contribution in [2.45, 2.75) is 18.9 Å². The molecular weight excluding hydrogens is 240 g/mol. The largest absolute Gasteiger partial charge is 0.497 e. The average Bonchev–Trinajstić information content (AvgIpc) is 2.85. The van der Waals surface area contributed by atoms with Gasteiger partial charge in [-0.05, 0) is 36.1 Å². The molecule has 102 valence electrons. The van der Waals surface area contributed by atoms with Gasteiger partial charge in [-0.2, -0.15) is 5.10 Å². The molecule has 0 saturated heterocycles. The minimum absolute atomic E-state index is 0.107. The highest BCUT2D eigenvalue weighted by Gasteiger charge is 2.11. The van der Waals surface area contributed by atoms with Crippen LogP contribution in [0.4, 0.5) is 0 Å². The Bertz CT molecular complexity index is 524. The maximum Gasteiger partial charge on any atom is 0.119 e. The molecular formula is C14H20N4O. The van der Waals surface area contributed by atoms with Crippen LogP contribution in [0.2, 0.25) is 0 Å². The minimum atomic E-state index is 0.107. The zero-order valence-electron chi connectivity index (χ0n) is 11.3. The second kappa shape index (κ2) is 6.36. The van der Waals surface area contributed by atoms with E-state index < -0.39 is 0 Å². The van der Waals surface area contributed by atoms with E-state index in [0.29, 0.717) is 0 Å². The van der Waals surface area contributed by atoms with E-state index >= 15 is 0 Å². The van der Waals surface area contributed by atoms with Crippen molar-refractivity contribution in [3.8, 4) is 5.75 Å². The highest BCUT2D eigenvalue weighted by Crippen LogP contribution is 2.22. The van der Waals surface area contributed by atoms with Gasteiger partial charge in [0, 0.05) is 19.3 Å². The van der Waals surface area contributed by atoms with Crippen LogP contribution in [0, 0.1) is 0 Å². The van der Waals surface area contributed by atoms with E-state index in [1.807, 2.05) is 42.3 Å². The van der Waals surface area contributed by atoms with Gasteiger partial charge >= 0.3 is 0 Å². The number of aryl methyl sites for hydroxylation is 2. The molecule has 1 heterocycles. The van der Waals surface area contributed by atoms with Crippen molar-refractivity contribution in [2.75, 3.05) is 7.11 Å². The topological polar surface area (TPSA) is 65.1 Å². The predicted molar refractivity (Wildman–Crippen MR) is 74.6 cm³/mol. The van der Waals surface area contributed by atoms with E-state index in [2.05, 4.69) is 16.6 Å². The van der Waals surface area contributed by atoms with Crippen LogP contribution in [0.3, 0.4) is 0 Å². The molecule has 0 aliphatic carbocycles. The molecule has 1 unspecified atom stereocenters. The van der Waals surface area contributed by atoms with Crippen LogP contribution in [0.1, 0.15) is 23.6 Å². The van der Waals surface area contributed by atoms with Gasteiger partial charge in [-0.15, -0.1) is 0 Å². The van der Waals surface area contributed by atoms with E-state index in [9.17, 15) is 0 Å². The molecule has 5 nitrogen and oxygen atoms in total. The first-order valence-electron chi connectivity index (χ1n) is 6.30. The van der Waals surface area contributed by atoms with Crippen molar-refractivity contribution in [1.82, 2.24) is 15.2 Å². The maximum absolute atomic E-state index is 5.65. The summed E-state index contributed by atoms with van der Waals surface area (Å²) in [5, 5.41) is 4.17. The standard InChI is InChI=1S/C14H20N4O/c1-18-10-11(9-16-18)6-7-14(17-15)12-4-3-5-13(8-12)19-2/h3-5,8-10,14,17H,6-7,15H2,1-2H3. The summed E-state index contributed by atoms with van der Waals surface area (Å²) in [7, 11) is 3.59. The van der Waals surface area contributed by atoms with Gasteiger partial charge < -0.3 is 4.74 Å². The number of rotatable bonds is 6. The molecule has 0 spiro atoms. The number of methoxy groups -OCH3 is 1. The lowest BCUT2D eigenvalue weighted by molar-refractivity contribution is 0.412. The summed E-state index contributed by atoms with van der Waals surface area (Å²) in [5.74, 6) is 6.50. The number of nitrogens with zero attached hydrogens (tertiary/aromatic N) is 2. The summed E-state index contributed by atoms with van der Waals surface area (Å²) in [5.41, 5.74) is 5.21. The third kappa shape index (κ3) is 3.56. The first-order valence-corrected chi connectivity index (χ1v) is 6.30. The summed E-state index contributed by atoms with van der Waals surface area (Å²) < 4.78 is 7.04. The Labute approximate surface area is 113 Å². The Morgan fingerprint density at radius 2 is 2.32 bits per heavy atom. The molecule has 0 radical (unpaired) electrons. The SMILES string of the molecule is COc1cccc(C(CCc2cnn(C)c2)NN)c1. The first-order chi connectivity index (χ1) is 9.22. The Morgan fingerprint density at radius 3 is 2.95 bits per heavy atom. The Hall–Kier alpha value is -1.85. The molecule has 2 aromatic rings. The number of benzene rings is 1. The number of aromatic nitrogens is 2. The number of nitrogens with two attached hydrogens (primary N) is 1. The van der Waals surface area contributed by atoms with Crippen molar-refractivity contribution < 1.29 is 4.74 Å². The molecule has 1 aromatic heterocycles. The fraction of sp³-hybridized carbons (Fsp3) is 0.357. The van der Waals surface area contributed by atoms with E-state index in [1.165, 1.54) is 5.56 Å². The zero-order valence-corrected chi connectivity index (χ0v) is 11.3. The van der Waals surface area contributed by atoms with Crippen molar-refractivity contribution in [1.29, 1.82) is 0 Å². The van der Waals surface area contributed by atoms with E-state index in [1.54, 1.807) is 7.11 Å². The first kappa shape index (κ1) is 13.6. The van der Waals surface area contributed by atoms with Gasteiger partial charge in [0.1, 0.15) is 5.75 Å². The van der Waals surface area contributed by atoms with Gasteiger partial charge in [0.05, 0.1) is 13.3 Å². The van der Waals surface area contributed by atoms with Gasteiger partial charge in [-0.3, -0.25) is 16.0 Å². The molecule has 0 fully saturated rings. The highest BCUT2D eigenvalue weighted by atomic mass is 16.5. The smallest absolute Gasteiger partial charge is 0.119 e. The maximum atomic E-state index is 5.65. The van der Waals surface area contributed by atoms with Crippen molar-refractivity contribution in [3.05, 3.63) is 47.8 Å². The van der Waals surface area contributed by atoms with Crippen LogP contribution in [0.5, 0.6) is 5.75 Å². The summed E-state index contributed by atoms with van der Waals surface area (Å²) in [6.07, 6.45) is 5.76. The van der Waals surface area contributed by atoms with E-state index in [0.717, 1.165) is 24.2 Å². The van der Waals surface area contributed by atoms with Gasteiger partial charge in [0.15, 0.2) is 0 Å². The molecule has 0 amide bonds. The number of nitrogens with one attached hydrogen (secondary N) is 1. The molecule has 1 atom stereocenters. The summed E-state index contributed by atoms with van der Waals surface area (Å²) in [6, 6.07) is 8.07. The molecule has 3 N–H and O–H groups in total. The quantitative estimate of drug-likeness (QED) is 0.611. The lowest BCUT2D eigenvalue weighted by Crippen LogP contribution is -2.28. The van der Waals surface area contributed by atoms with E-state index in [4.69, 9.17) is 10.6 Å². The molecule has 2 rings (SSSR count). The van der Waals surface area contributed by atoms with Crippen LogP contribution < -0.4 is 16.0 Å². The van der Waals surface area contributed by atoms with Gasteiger partial charge in [-0.25, -0.2) is 0 Å². The summed E-state index contributed by atoms with van der Waals surface area (Å²) >= 11 is 0. The fourth-order valence-electron chi connectivity index (χ4n) is 2.12. The van der Waals surface area contributed by atoms with Gasteiger partial charge in [-0.1, -0.05) is 12.1 Å². The second-order valence-electron chi connectivity index (χ2n) is 4.56. The Balaban J connectivity index is 2.02. The number of ether oxygens (including phenoxy) is 1.